The fourth-order valence-corrected chi connectivity index (χ4v) is 3.80. The lowest BCUT2D eigenvalue weighted by Gasteiger charge is -2.14. The Morgan fingerprint density at radius 2 is 1.72 bits per heavy atom. The van der Waals surface area contributed by atoms with E-state index < -0.39 is 0 Å². The number of anilines is 2. The van der Waals surface area contributed by atoms with Gasteiger partial charge in [-0.2, -0.15) is 0 Å². The van der Waals surface area contributed by atoms with Gasteiger partial charge in [0.05, 0.1) is 18.3 Å². The number of hydrogen-bond acceptors (Lipinski definition) is 6. The number of carbonyl (C=O) groups is 2. The van der Waals surface area contributed by atoms with E-state index in [1.165, 1.54) is 0 Å². The molecule has 1 saturated heterocycles. The molecule has 0 saturated carbocycles. The van der Waals surface area contributed by atoms with Crippen molar-refractivity contribution in [3.63, 3.8) is 0 Å². The van der Waals surface area contributed by atoms with Crippen LogP contribution in [0.4, 0.5) is 11.4 Å². The first-order chi connectivity index (χ1) is 17.7. The van der Waals surface area contributed by atoms with E-state index in [0.717, 1.165) is 25.2 Å². The van der Waals surface area contributed by atoms with Gasteiger partial charge in [-0.25, -0.2) is 0 Å². The Hall–Kier alpha value is -4.04. The van der Waals surface area contributed by atoms with Gasteiger partial charge in [-0.05, 0) is 55.3 Å². The van der Waals surface area contributed by atoms with Crippen LogP contribution in [0.2, 0.25) is 0 Å². The van der Waals surface area contributed by atoms with Crippen molar-refractivity contribution in [3.05, 3.63) is 84.4 Å². The molecule has 3 N–H and O–H groups in total. The van der Waals surface area contributed by atoms with Crippen LogP contribution in [0.25, 0.3) is 0 Å². The molecule has 1 aliphatic rings. The van der Waals surface area contributed by atoms with Crippen LogP contribution in [0.3, 0.4) is 0 Å². The van der Waals surface area contributed by atoms with E-state index in [4.69, 9.17) is 14.2 Å². The number of nitrogens with one attached hydrogen (secondary N) is 3. The molecular weight excluding hydrogens is 458 g/mol. The Bertz CT molecular complexity index is 1130. The van der Waals surface area contributed by atoms with E-state index in [1.54, 1.807) is 24.3 Å². The number of amides is 2. The van der Waals surface area contributed by atoms with Crippen LogP contribution in [0, 0.1) is 0 Å². The Kier molecular flexibility index (Phi) is 9.16. The summed E-state index contributed by atoms with van der Waals surface area (Å²) in [6.07, 6.45) is 2.06. The van der Waals surface area contributed by atoms with Gasteiger partial charge in [0, 0.05) is 24.4 Å². The summed E-state index contributed by atoms with van der Waals surface area (Å²) in [6.45, 7) is 2.03. The Labute approximate surface area is 211 Å². The molecule has 0 aliphatic carbocycles. The SMILES string of the molecule is O=C(CNc1ccccc1OCCOc1ccccc1)Nc1cccc(C(=O)NCC2CCCO2)c1. The van der Waals surface area contributed by atoms with Crippen LogP contribution in [-0.4, -0.2) is 50.8 Å². The number of rotatable bonds is 12. The highest BCUT2D eigenvalue weighted by Gasteiger charge is 2.17. The summed E-state index contributed by atoms with van der Waals surface area (Å²) in [5.41, 5.74) is 1.74. The van der Waals surface area contributed by atoms with E-state index in [9.17, 15) is 9.59 Å². The maximum Gasteiger partial charge on any atom is 0.251 e. The second-order valence-electron chi connectivity index (χ2n) is 8.33. The third-order valence-electron chi connectivity index (χ3n) is 5.60. The number of hydrogen-bond donors (Lipinski definition) is 3. The van der Waals surface area contributed by atoms with Crippen molar-refractivity contribution in [1.29, 1.82) is 0 Å². The topological polar surface area (TPSA) is 97.9 Å². The molecule has 1 aliphatic heterocycles. The van der Waals surface area contributed by atoms with Crippen molar-refractivity contribution in [2.75, 3.05) is 43.5 Å². The Morgan fingerprint density at radius 3 is 2.56 bits per heavy atom. The first kappa shape index (κ1) is 25.1. The molecule has 2 amide bonds. The smallest absolute Gasteiger partial charge is 0.251 e. The van der Waals surface area contributed by atoms with Crippen LogP contribution >= 0.6 is 0 Å². The van der Waals surface area contributed by atoms with E-state index in [-0.39, 0.29) is 24.5 Å². The third-order valence-corrected chi connectivity index (χ3v) is 5.60. The predicted molar refractivity (Wildman–Crippen MR) is 139 cm³/mol. The molecule has 0 spiro atoms. The van der Waals surface area contributed by atoms with Gasteiger partial charge in [-0.3, -0.25) is 9.59 Å². The lowest BCUT2D eigenvalue weighted by Crippen LogP contribution is -2.31. The van der Waals surface area contributed by atoms with Crippen molar-refractivity contribution in [1.82, 2.24) is 5.32 Å². The average molecular weight is 490 g/mol. The zero-order valence-corrected chi connectivity index (χ0v) is 20.1. The number of benzene rings is 3. The lowest BCUT2D eigenvalue weighted by molar-refractivity contribution is -0.114. The third kappa shape index (κ3) is 7.74. The van der Waals surface area contributed by atoms with Crippen LogP contribution in [-0.2, 0) is 9.53 Å². The summed E-state index contributed by atoms with van der Waals surface area (Å²) in [4.78, 5) is 25.0. The van der Waals surface area contributed by atoms with Crippen LogP contribution < -0.4 is 25.4 Å². The van der Waals surface area contributed by atoms with Gasteiger partial charge in [0.1, 0.15) is 24.7 Å². The van der Waals surface area contributed by atoms with Gasteiger partial charge in [-0.1, -0.05) is 36.4 Å². The number of carbonyl (C=O) groups excluding carboxylic acids is 2. The summed E-state index contributed by atoms with van der Waals surface area (Å²) in [7, 11) is 0. The van der Waals surface area contributed by atoms with Crippen LogP contribution in [0.5, 0.6) is 11.5 Å². The molecular formula is C28H31N3O5. The monoisotopic (exact) mass is 489 g/mol. The fourth-order valence-electron chi connectivity index (χ4n) is 3.80. The summed E-state index contributed by atoms with van der Waals surface area (Å²) >= 11 is 0. The summed E-state index contributed by atoms with van der Waals surface area (Å²) < 4.78 is 17.0. The summed E-state index contributed by atoms with van der Waals surface area (Å²) in [6, 6.07) is 23.8. The zero-order valence-electron chi connectivity index (χ0n) is 20.1. The van der Waals surface area contributed by atoms with Crippen LogP contribution in [0.15, 0.2) is 78.9 Å². The second kappa shape index (κ2) is 13.2. The van der Waals surface area contributed by atoms with E-state index in [2.05, 4.69) is 16.0 Å². The van der Waals surface area contributed by atoms with Gasteiger partial charge in [0.2, 0.25) is 5.91 Å². The molecule has 1 unspecified atom stereocenters. The molecule has 1 atom stereocenters. The quantitative estimate of drug-likeness (QED) is 0.332. The first-order valence-electron chi connectivity index (χ1n) is 12.1. The van der Waals surface area contributed by atoms with Gasteiger partial charge in [0.25, 0.3) is 5.91 Å². The second-order valence-corrected chi connectivity index (χ2v) is 8.33. The van der Waals surface area contributed by atoms with Crippen molar-refractivity contribution >= 4 is 23.2 Å². The predicted octanol–water partition coefficient (Wildman–Crippen LogP) is 4.10. The minimum atomic E-state index is -0.242. The summed E-state index contributed by atoms with van der Waals surface area (Å²) in [5.74, 6) is 0.983. The molecule has 3 aromatic carbocycles. The Morgan fingerprint density at radius 1 is 0.917 bits per heavy atom. The maximum atomic E-state index is 12.5. The molecule has 8 nitrogen and oxygen atoms in total. The number of para-hydroxylation sites is 3. The Balaban J connectivity index is 1.23. The first-order valence-corrected chi connectivity index (χ1v) is 12.1. The largest absolute Gasteiger partial charge is 0.490 e. The fraction of sp³-hybridized carbons (Fsp3) is 0.286. The minimum absolute atomic E-state index is 0.0380. The van der Waals surface area contributed by atoms with Crippen molar-refractivity contribution in [2.24, 2.45) is 0 Å². The van der Waals surface area contributed by atoms with Gasteiger partial charge < -0.3 is 30.2 Å². The zero-order chi connectivity index (χ0) is 25.0. The van der Waals surface area contributed by atoms with E-state index >= 15 is 0 Å². The van der Waals surface area contributed by atoms with Gasteiger partial charge >= 0.3 is 0 Å². The lowest BCUT2D eigenvalue weighted by atomic mass is 10.1. The molecule has 36 heavy (non-hydrogen) atoms. The molecule has 0 bridgehead atoms. The highest BCUT2D eigenvalue weighted by Crippen LogP contribution is 2.23. The van der Waals surface area contributed by atoms with Crippen molar-refractivity contribution in [3.8, 4) is 11.5 Å². The van der Waals surface area contributed by atoms with Crippen molar-refractivity contribution in [2.45, 2.75) is 18.9 Å². The molecule has 8 heteroatoms. The molecule has 1 fully saturated rings. The van der Waals surface area contributed by atoms with Crippen molar-refractivity contribution < 1.29 is 23.8 Å². The van der Waals surface area contributed by atoms with Gasteiger partial charge in [0.15, 0.2) is 0 Å². The normalized spacial score (nSPS) is 14.6. The highest BCUT2D eigenvalue weighted by atomic mass is 16.5. The van der Waals surface area contributed by atoms with E-state index in [0.29, 0.717) is 42.4 Å². The molecule has 3 aromatic rings. The molecule has 4 rings (SSSR count). The maximum absolute atomic E-state index is 12.5. The molecule has 188 valence electrons. The highest BCUT2D eigenvalue weighted by molar-refractivity contribution is 5.98. The molecule has 0 radical (unpaired) electrons. The minimum Gasteiger partial charge on any atom is -0.490 e. The van der Waals surface area contributed by atoms with Crippen LogP contribution in [0.1, 0.15) is 23.2 Å². The average Bonchev–Trinajstić information content (AvgIpc) is 3.44. The van der Waals surface area contributed by atoms with Gasteiger partial charge in [-0.15, -0.1) is 0 Å². The van der Waals surface area contributed by atoms with E-state index in [1.807, 2.05) is 54.6 Å². The molecule has 0 aromatic heterocycles. The summed E-state index contributed by atoms with van der Waals surface area (Å²) in [5, 5.41) is 8.83. The number of ether oxygens (including phenoxy) is 3. The standard InChI is InChI=1S/C28H31N3O5/c32-27(31-22-9-6-8-21(18-22)28(33)30-19-24-12-7-15-34-24)20-29-25-13-4-5-14-26(25)36-17-16-35-23-10-2-1-3-11-23/h1-6,8-11,13-14,18,24,29H,7,12,15-17,19-20H2,(H,30,33)(H,31,32). The molecule has 1 heterocycles.